The molecule has 0 saturated heterocycles. The van der Waals surface area contributed by atoms with Crippen molar-refractivity contribution in [2.24, 2.45) is 10.7 Å². The Bertz CT molecular complexity index is 5270. The molecule has 0 saturated carbocycles. The molecule has 5 amide bonds. The summed E-state index contributed by atoms with van der Waals surface area (Å²) < 4.78 is 92.1. The molecule has 0 fully saturated rings. The van der Waals surface area contributed by atoms with E-state index >= 15 is 0 Å². The van der Waals surface area contributed by atoms with Crippen molar-refractivity contribution in [2.75, 3.05) is 55.7 Å². The average molecular weight is 2130 g/mol. The number of nitrogens with one attached hydrogen (secondary N) is 5. The summed E-state index contributed by atoms with van der Waals surface area (Å²) in [5.74, 6) is -1.50. The number of rotatable bonds is 12. The summed E-state index contributed by atoms with van der Waals surface area (Å²) in [6.45, 7) is -0.314. The maximum absolute atomic E-state index is 12.2. The second-order valence-corrected chi connectivity index (χ2v) is 58.2. The number of carboxylic acid groups (broad SMARTS) is 1. The van der Waals surface area contributed by atoms with Crippen LogP contribution in [0.1, 0.15) is 137 Å². The molecule has 0 aliphatic heterocycles. The molecule has 15 N–H and O–H groups in total. The molecule has 36 heteroatoms. The normalized spacial score (nSPS) is 10.8. The second-order valence-electron chi connectivity index (χ2n) is 20.4. The van der Waals surface area contributed by atoms with Gasteiger partial charge < -0.3 is 69.2 Å². The van der Waals surface area contributed by atoms with Crippen molar-refractivity contribution in [3.05, 3.63) is 295 Å². The zero-order chi connectivity index (χ0) is 95.0. The van der Waals surface area contributed by atoms with Crippen LogP contribution < -0.4 is 59.0 Å². The van der Waals surface area contributed by atoms with Gasteiger partial charge in [-0.1, -0.05) is 115 Å². The Morgan fingerprint density at radius 1 is 0.466 bits per heavy atom. The van der Waals surface area contributed by atoms with Gasteiger partial charge in [-0.25, -0.2) is 19.4 Å². The number of phenols is 1. The van der Waals surface area contributed by atoms with Crippen molar-refractivity contribution in [1.29, 1.82) is 0 Å². The van der Waals surface area contributed by atoms with Gasteiger partial charge in [0, 0.05) is 134 Å². The van der Waals surface area contributed by atoms with E-state index in [1.54, 1.807) is 151 Å². The average Bonchev–Trinajstić information content (AvgIpc) is 0.854. The van der Waals surface area contributed by atoms with Crippen molar-refractivity contribution in [1.82, 2.24) is 40.9 Å². The number of carboxylic acids is 1. The fraction of sp³-hybridized carbons (Fsp3) is 0.171. The monoisotopic (exact) mass is 2120 g/mol. The number of ether oxygens (including phenoxy) is 2. The Balaban J connectivity index is -0.000000468. The fourth-order valence-electron chi connectivity index (χ4n) is 7.24. The van der Waals surface area contributed by atoms with Gasteiger partial charge in [0.15, 0.2) is 0 Å². The van der Waals surface area contributed by atoms with E-state index in [0.717, 1.165) is 27.4 Å². The van der Waals surface area contributed by atoms with Crippen molar-refractivity contribution in [3.8, 4) is 28.7 Å². The van der Waals surface area contributed by atoms with E-state index in [1.165, 1.54) is 79.5 Å². The van der Waals surface area contributed by atoms with Gasteiger partial charge in [0.25, 0.3) is 23.0 Å². The number of isocyanates is 1. The summed E-state index contributed by atoms with van der Waals surface area (Å²) in [6, 6.07) is 51.3. The van der Waals surface area contributed by atoms with Crippen LogP contribution >= 0.6 is 130 Å². The van der Waals surface area contributed by atoms with E-state index in [-0.39, 0.29) is 76.3 Å². The predicted octanol–water partition coefficient (Wildman–Crippen LogP) is 22.9. The van der Waals surface area contributed by atoms with Gasteiger partial charge in [-0.3, -0.25) is 39.1 Å². The van der Waals surface area contributed by atoms with Crippen LogP contribution in [0.2, 0.25) is 25.1 Å². The summed E-state index contributed by atoms with van der Waals surface area (Å²) >= 11 is 41.1. The van der Waals surface area contributed by atoms with E-state index in [9.17, 15) is 33.6 Å². The van der Waals surface area contributed by atoms with Crippen LogP contribution in [0, 0.1) is 20.8 Å². The first-order chi connectivity index (χ1) is 58.3. The molecule has 0 atom stereocenters. The molecule has 0 aliphatic rings. The van der Waals surface area contributed by atoms with Gasteiger partial charge in [0.1, 0.15) is 57.2 Å². The summed E-state index contributed by atoms with van der Waals surface area (Å²) in [5.41, 5.74) is 27.4. The van der Waals surface area contributed by atoms with Crippen LogP contribution in [0.25, 0.3) is 0 Å². The number of nitrogens with two attached hydrogens (primary N) is 4. The van der Waals surface area contributed by atoms with Gasteiger partial charge in [0.2, 0.25) is 6.08 Å². The number of phenolic OH excluding ortho intramolecular Hbond substituents is 1. The Labute approximate surface area is 775 Å². The van der Waals surface area contributed by atoms with Crippen LogP contribution in [0.15, 0.2) is 230 Å². The fourth-order valence-corrected chi connectivity index (χ4v) is 8.02. The number of hydrogen-bond donors (Lipinski definition) is 11. The quantitative estimate of drug-likeness (QED) is 0.0135. The van der Waals surface area contributed by atoms with Gasteiger partial charge >= 0.3 is 76.9 Å². The van der Waals surface area contributed by atoms with Gasteiger partial charge in [-0.15, -0.1) is 0 Å². The number of urea groups is 1. The molecular formula is C82H99Cl6I3N15O11V. The topological polar surface area (TPSA) is 419 Å². The van der Waals surface area contributed by atoms with E-state index in [0.29, 0.717) is 71.5 Å². The number of pyridine rings is 5. The molecule has 118 heavy (non-hydrogen) atoms. The summed E-state index contributed by atoms with van der Waals surface area (Å²) in [7, 11) is 0. The van der Waals surface area contributed by atoms with Crippen LogP contribution in [-0.2, 0) is 9.72 Å². The molecule has 6 aromatic carbocycles. The van der Waals surface area contributed by atoms with Crippen molar-refractivity contribution >= 4 is 205 Å². The van der Waals surface area contributed by atoms with E-state index in [2.05, 4.69) is 106 Å². The molecule has 11 rings (SSSR count). The Hall–Kier alpha value is -9.46. The number of amides is 5. The number of nitrogens with zero attached hydrogens (tertiary/aromatic N) is 6. The Morgan fingerprint density at radius 3 is 1.19 bits per heavy atom. The van der Waals surface area contributed by atoms with Gasteiger partial charge in [0.05, 0.1) is 5.69 Å². The number of aromatic hydroxyl groups is 1. The van der Waals surface area contributed by atoms with Gasteiger partial charge in [-0.05, 0) is 232 Å². The van der Waals surface area contributed by atoms with Crippen molar-refractivity contribution < 1.29 is 74.6 Å². The molecule has 26 nitrogen and oxygen atoms in total. The summed E-state index contributed by atoms with van der Waals surface area (Å²) in [4.78, 5) is 99.2. The number of nitrogen functional groups attached to an aromatic ring is 3. The number of carbonyl (C=O) groups excluding carboxylic acids is 6. The van der Waals surface area contributed by atoms with E-state index < -0.39 is 62.9 Å². The molecule has 636 valence electrons. The van der Waals surface area contributed by atoms with Gasteiger partial charge in [-0.2, -0.15) is 4.99 Å². The Kier molecular flexibility index (Phi) is 53.7. The molecule has 5 heterocycles. The maximum atomic E-state index is 12.2. The van der Waals surface area contributed by atoms with Crippen LogP contribution in [-0.4, -0.2) is 104 Å². The van der Waals surface area contributed by atoms with E-state index in [1.807, 2.05) is 51.3 Å². The Morgan fingerprint density at radius 2 is 0.831 bits per heavy atom. The van der Waals surface area contributed by atoms with Crippen molar-refractivity contribution in [2.45, 2.75) is 71.8 Å². The SMILES string of the molecule is C.C.C.C.C.CC.Cc1cc(N)ccc1Cl.Cc1cc(N=C=O)ccc1Cl.Nc1ccc(O)cc1.O=C(Cl)c1cc(Cl)ccn1.O=C(O)c1ccccn1.[2H]C([2H])([2H])N.[2H]C([2H])([2H])NC(=O)c1cc(Cl)ccn1.[2H]C([2H])([2H])NC(=O)c1cc(Oc2ccc(N)cc2)ccn1.[2H]C([2H])([2H])NC(=O)c1cc(Oc2ccc(NC(=O)Nc3ccc(Cl)c(C)c3)cc2)ccn1.[I][V]([I])[I]. The number of aliphatic imine (C=N–C) groups is 1. The number of aromatic carboxylic acids is 1. The first kappa shape index (κ1) is 94.0. The molecular weight excluding hydrogens is 2020 g/mol. The summed E-state index contributed by atoms with van der Waals surface area (Å²) in [5, 5.41) is 30.2. The zero-order valence-corrected chi connectivity index (χ0v) is 72.2. The molecule has 11 aromatic rings. The number of aromatic nitrogens is 5. The number of carbonyl (C=O) groups is 6. The number of hydrogen-bond acceptors (Lipinski definition) is 20. The predicted molar refractivity (Wildman–Crippen MR) is 509 cm³/mol. The molecule has 0 unspecified atom stereocenters. The first-order valence-corrected chi connectivity index (χ1v) is 47.1. The molecule has 0 aliphatic carbocycles. The third-order valence-electron chi connectivity index (χ3n) is 12.3. The minimum absolute atomic E-state index is 0. The third-order valence-corrected chi connectivity index (χ3v) is 14.2. The molecule has 5 aromatic heterocycles. The standard InChI is InChI=1S/C21H19ClN4O3.C13H13N3O2.C8H6ClNO.C7H7ClN2O.C7H8ClN.C6H3Cl2NO.C6H5NO2.C6H7NO.C2H6.CH5N.5CH4.3HI.V/c1-13-11-15(5-8-18(13)22)26-21(28)25-14-3-6-16(7-4-14)29-17-9-10-24-19(12-17)20(27)23-2;1-15-13(17)12-8-11(6-7-16-12)18-10-4-2-9(14)3-5-10;1-6-4-7(10-5-11)2-3-8(6)9;1-9-7(11)6-4-5(8)2-3-10-6;1-5-4-6(9)2-3-7(5)8;7-4-1-2-9-5(3-4)6(8)10;8-6(9)5-3-1-2-4-7-5;7-5-1-3-6(8)4-2-5;2*1-2;;;;;;;;;/h3-12H,1-2H3,(H,23,27)(H2,25,26,28);2-8H,14H2,1H3,(H,15,17);2-4H,1H3;2-4H,1H3,(H,9,11);2-4H,9H2,1H3;1-3H;1-4H,(H,8,9);1-4,8H,7H2;1-2H3;2H2,1H3;5*1H4;3*1H;/q;;;;;;;;;;;;;;;;;;+3/p-3/i2D3;1D3;;1D3;;;;;;1D3;;;;;;;;;. The first-order valence-electron chi connectivity index (χ1n) is 37.4. The molecule has 0 spiro atoms. The molecule has 0 radical (unpaired) electrons. The van der Waals surface area contributed by atoms with Crippen molar-refractivity contribution in [3.63, 3.8) is 0 Å². The third kappa shape index (κ3) is 51.0. The number of aryl methyl sites for hydroxylation is 3. The number of benzene rings is 6. The minimum atomic E-state index is -2.61. The van der Waals surface area contributed by atoms with Crippen LogP contribution in [0.5, 0.6) is 28.7 Å². The zero-order valence-electron chi connectivity index (χ0n) is 71.8. The van der Waals surface area contributed by atoms with E-state index in [4.69, 9.17) is 123 Å². The molecule has 0 bridgehead atoms. The summed E-state index contributed by atoms with van der Waals surface area (Å²) in [6.07, 6.45) is 8.37. The van der Waals surface area contributed by atoms with Crippen LogP contribution in [0.3, 0.4) is 0 Å². The van der Waals surface area contributed by atoms with Crippen LogP contribution in [0.4, 0.5) is 38.9 Å². The number of anilines is 5. The second kappa shape index (κ2) is 67.4. The number of halogens is 9.